The molecule has 1 saturated carbocycles. The van der Waals surface area contributed by atoms with Crippen molar-refractivity contribution in [1.29, 1.82) is 0 Å². The van der Waals surface area contributed by atoms with Crippen molar-refractivity contribution < 1.29 is 0 Å². The van der Waals surface area contributed by atoms with Gasteiger partial charge in [-0.3, -0.25) is 0 Å². The molecule has 0 spiro atoms. The number of nitrogens with one attached hydrogen (secondary N) is 2. The van der Waals surface area contributed by atoms with E-state index in [1.807, 2.05) is 6.07 Å². The number of hydrogen-bond donors (Lipinski definition) is 2. The largest absolute Gasteiger partial charge is 0.380 e. The molecule has 3 nitrogen and oxygen atoms in total. The molecular weight excluding hydrogens is 410 g/mol. The SMILES string of the molecule is Clc1ccc2c(c1NCc1ccc(-c3cc(CCC4CC4)sn3)cc1)CCNCC2. The first-order valence-electron chi connectivity index (χ1n) is 11.1. The van der Waals surface area contributed by atoms with Crippen LogP contribution in [0.3, 0.4) is 0 Å². The van der Waals surface area contributed by atoms with Crippen molar-refractivity contribution in [2.45, 2.75) is 45.1 Å². The van der Waals surface area contributed by atoms with Crippen molar-refractivity contribution in [2.75, 3.05) is 18.4 Å². The molecule has 30 heavy (non-hydrogen) atoms. The molecule has 0 amide bonds. The third-order valence-electron chi connectivity index (χ3n) is 6.26. The van der Waals surface area contributed by atoms with E-state index in [0.717, 1.165) is 54.8 Å². The van der Waals surface area contributed by atoms with E-state index >= 15 is 0 Å². The molecule has 0 saturated heterocycles. The minimum Gasteiger partial charge on any atom is -0.380 e. The van der Waals surface area contributed by atoms with Crippen LogP contribution in [0.15, 0.2) is 42.5 Å². The lowest BCUT2D eigenvalue weighted by Crippen LogP contribution is -2.16. The van der Waals surface area contributed by atoms with Gasteiger partial charge in [0.25, 0.3) is 0 Å². The van der Waals surface area contributed by atoms with Gasteiger partial charge < -0.3 is 10.6 Å². The number of aromatic nitrogens is 1. The van der Waals surface area contributed by atoms with Gasteiger partial charge in [0.2, 0.25) is 0 Å². The summed E-state index contributed by atoms with van der Waals surface area (Å²) >= 11 is 8.21. The highest BCUT2D eigenvalue weighted by atomic mass is 35.5. The van der Waals surface area contributed by atoms with Gasteiger partial charge in [0, 0.05) is 17.0 Å². The van der Waals surface area contributed by atoms with Crippen molar-refractivity contribution in [3.8, 4) is 11.3 Å². The molecule has 2 aromatic carbocycles. The fourth-order valence-electron chi connectivity index (χ4n) is 4.24. The normalized spacial score (nSPS) is 16.2. The smallest absolute Gasteiger partial charge is 0.0843 e. The van der Waals surface area contributed by atoms with Crippen LogP contribution in [0.25, 0.3) is 11.3 Å². The lowest BCUT2D eigenvalue weighted by molar-refractivity contribution is 0.711. The van der Waals surface area contributed by atoms with E-state index in [1.54, 1.807) is 11.5 Å². The third-order valence-corrected chi connectivity index (χ3v) is 7.42. The van der Waals surface area contributed by atoms with Crippen LogP contribution in [0.1, 0.15) is 40.8 Å². The van der Waals surface area contributed by atoms with Crippen LogP contribution in [0.2, 0.25) is 5.02 Å². The maximum Gasteiger partial charge on any atom is 0.0843 e. The van der Waals surface area contributed by atoms with Crippen LogP contribution in [0.4, 0.5) is 5.69 Å². The van der Waals surface area contributed by atoms with Crippen LogP contribution in [-0.4, -0.2) is 17.5 Å². The standard InChI is InChI=1S/C25H28ClN3S/c26-23-10-8-19-11-13-27-14-12-22(19)25(23)28-16-18-3-6-20(7-4-18)24-15-21(30-29-24)9-5-17-1-2-17/h3-4,6-8,10,15,17,27-28H,1-2,5,9,11-14,16H2. The second-order valence-electron chi connectivity index (χ2n) is 8.52. The van der Waals surface area contributed by atoms with Gasteiger partial charge in [0.1, 0.15) is 0 Å². The molecule has 2 aliphatic rings. The molecule has 5 heteroatoms. The summed E-state index contributed by atoms with van der Waals surface area (Å²) < 4.78 is 4.68. The number of nitrogens with zero attached hydrogens (tertiary/aromatic N) is 1. The zero-order valence-corrected chi connectivity index (χ0v) is 18.8. The molecule has 1 fully saturated rings. The summed E-state index contributed by atoms with van der Waals surface area (Å²) in [6.07, 6.45) is 7.44. The number of aryl methyl sites for hydroxylation is 1. The first kappa shape index (κ1) is 20.0. The summed E-state index contributed by atoms with van der Waals surface area (Å²) in [5, 5.41) is 7.90. The van der Waals surface area contributed by atoms with Gasteiger partial charge in [0.15, 0.2) is 0 Å². The van der Waals surface area contributed by atoms with Crippen LogP contribution in [0, 0.1) is 5.92 Å². The minimum absolute atomic E-state index is 0.771. The predicted octanol–water partition coefficient (Wildman–Crippen LogP) is 6.11. The quantitative estimate of drug-likeness (QED) is 0.468. The molecule has 1 aliphatic heterocycles. The molecule has 0 unspecified atom stereocenters. The average Bonchev–Trinajstić information content (AvgIpc) is 3.53. The Kier molecular flexibility index (Phi) is 6.07. The van der Waals surface area contributed by atoms with Gasteiger partial charge in [0.05, 0.1) is 16.4 Å². The zero-order valence-electron chi connectivity index (χ0n) is 17.2. The van der Waals surface area contributed by atoms with Crippen LogP contribution in [-0.2, 0) is 25.8 Å². The van der Waals surface area contributed by atoms with Gasteiger partial charge in [-0.25, -0.2) is 0 Å². The average molecular weight is 438 g/mol. The van der Waals surface area contributed by atoms with Gasteiger partial charge in [-0.2, -0.15) is 4.37 Å². The minimum atomic E-state index is 0.771. The Labute approximate surface area is 188 Å². The summed E-state index contributed by atoms with van der Waals surface area (Å²) in [6, 6.07) is 15.2. The third kappa shape index (κ3) is 4.72. The molecule has 2 N–H and O–H groups in total. The Morgan fingerprint density at radius 1 is 1.07 bits per heavy atom. The predicted molar refractivity (Wildman–Crippen MR) is 128 cm³/mol. The lowest BCUT2D eigenvalue weighted by Gasteiger charge is -2.16. The van der Waals surface area contributed by atoms with Crippen molar-refractivity contribution >= 4 is 28.8 Å². The summed E-state index contributed by atoms with van der Waals surface area (Å²) in [5.74, 6) is 0.978. The summed E-state index contributed by atoms with van der Waals surface area (Å²) in [5.41, 5.74) is 7.43. The van der Waals surface area contributed by atoms with E-state index in [4.69, 9.17) is 11.6 Å². The van der Waals surface area contributed by atoms with Crippen LogP contribution >= 0.6 is 23.1 Å². The molecular formula is C25H28ClN3S. The van der Waals surface area contributed by atoms with Crippen LogP contribution < -0.4 is 10.6 Å². The van der Waals surface area contributed by atoms with E-state index in [1.165, 1.54) is 52.8 Å². The Morgan fingerprint density at radius 3 is 2.73 bits per heavy atom. The van der Waals surface area contributed by atoms with Crippen LogP contribution in [0.5, 0.6) is 0 Å². The fourth-order valence-corrected chi connectivity index (χ4v) is 5.23. The summed E-state index contributed by atoms with van der Waals surface area (Å²) in [4.78, 5) is 1.41. The van der Waals surface area contributed by atoms with E-state index in [0.29, 0.717) is 0 Å². The van der Waals surface area contributed by atoms with Gasteiger partial charge >= 0.3 is 0 Å². The number of anilines is 1. The van der Waals surface area contributed by atoms with Gasteiger partial charge in [-0.15, -0.1) is 0 Å². The fraction of sp³-hybridized carbons (Fsp3) is 0.400. The number of benzene rings is 2. The highest BCUT2D eigenvalue weighted by Gasteiger charge is 2.21. The lowest BCUT2D eigenvalue weighted by atomic mass is 10.0. The monoisotopic (exact) mass is 437 g/mol. The topological polar surface area (TPSA) is 37.0 Å². The van der Waals surface area contributed by atoms with E-state index < -0.39 is 0 Å². The van der Waals surface area contributed by atoms with E-state index in [-0.39, 0.29) is 0 Å². The van der Waals surface area contributed by atoms with Gasteiger partial charge in [-0.05, 0) is 85.0 Å². The van der Waals surface area contributed by atoms with Crippen molar-refractivity contribution in [1.82, 2.24) is 9.69 Å². The second-order valence-corrected chi connectivity index (χ2v) is 9.82. The Bertz CT molecular complexity index is 1010. The number of hydrogen-bond acceptors (Lipinski definition) is 4. The first-order valence-corrected chi connectivity index (χ1v) is 12.2. The van der Waals surface area contributed by atoms with Crippen molar-refractivity contribution in [3.63, 3.8) is 0 Å². The molecule has 3 aromatic rings. The molecule has 1 aromatic heterocycles. The Hall–Kier alpha value is -1.88. The molecule has 5 rings (SSSR count). The molecule has 0 radical (unpaired) electrons. The van der Waals surface area contributed by atoms with E-state index in [2.05, 4.69) is 51.4 Å². The number of rotatable bonds is 7. The van der Waals surface area contributed by atoms with Crippen molar-refractivity contribution in [3.05, 3.63) is 69.1 Å². The van der Waals surface area contributed by atoms with Gasteiger partial charge in [-0.1, -0.05) is 54.8 Å². The Morgan fingerprint density at radius 2 is 1.90 bits per heavy atom. The highest BCUT2D eigenvalue weighted by molar-refractivity contribution is 7.06. The molecule has 2 heterocycles. The number of fused-ring (bicyclic) bond motifs is 1. The molecule has 156 valence electrons. The van der Waals surface area contributed by atoms with E-state index in [9.17, 15) is 0 Å². The Balaban J connectivity index is 1.25. The maximum atomic E-state index is 6.55. The molecule has 0 atom stereocenters. The first-order chi connectivity index (χ1) is 14.8. The summed E-state index contributed by atoms with van der Waals surface area (Å²) in [7, 11) is 0. The second kappa shape index (κ2) is 9.09. The zero-order chi connectivity index (χ0) is 20.3. The summed E-state index contributed by atoms with van der Waals surface area (Å²) in [6.45, 7) is 2.81. The van der Waals surface area contributed by atoms with Crippen molar-refractivity contribution in [2.24, 2.45) is 5.92 Å². The molecule has 0 bridgehead atoms. The molecule has 1 aliphatic carbocycles. The number of halogens is 1. The highest BCUT2D eigenvalue weighted by Crippen LogP contribution is 2.35. The maximum absolute atomic E-state index is 6.55.